The Morgan fingerprint density at radius 2 is 1.95 bits per heavy atom. The lowest BCUT2D eigenvalue weighted by atomic mass is 10.1. The van der Waals surface area contributed by atoms with E-state index in [0.29, 0.717) is 32.7 Å². The van der Waals surface area contributed by atoms with Gasteiger partial charge < -0.3 is 5.11 Å². The first-order chi connectivity index (χ1) is 9.81. The van der Waals surface area contributed by atoms with Crippen molar-refractivity contribution in [3.63, 3.8) is 0 Å². The summed E-state index contributed by atoms with van der Waals surface area (Å²) in [6, 6.07) is 4.74. The molecular formula is C14H12Cl2N2O3. The first kappa shape index (κ1) is 15.5. The number of carbonyl (C=O) groups is 1. The van der Waals surface area contributed by atoms with E-state index in [1.165, 1.54) is 4.57 Å². The predicted octanol–water partition coefficient (Wildman–Crippen LogP) is 2.78. The van der Waals surface area contributed by atoms with Gasteiger partial charge in [0, 0.05) is 17.0 Å². The summed E-state index contributed by atoms with van der Waals surface area (Å²) in [5.74, 6) is -0.984. The zero-order valence-electron chi connectivity index (χ0n) is 11.4. The number of hydrogen-bond donors (Lipinski definition) is 1. The predicted molar refractivity (Wildman–Crippen MR) is 80.7 cm³/mol. The topological polar surface area (TPSA) is 72.2 Å². The molecule has 1 N–H and O–H groups in total. The SMILES string of the molecule is Cc1nc(=O)n(-c2ccc(Cl)c(Cl)c2)c(C)c1CC(=O)O. The molecule has 0 saturated carbocycles. The van der Waals surface area contributed by atoms with E-state index in [4.69, 9.17) is 28.3 Å². The Kier molecular flexibility index (Phi) is 4.34. The molecule has 0 atom stereocenters. The van der Waals surface area contributed by atoms with Crippen LogP contribution in [0.25, 0.3) is 5.69 Å². The van der Waals surface area contributed by atoms with Crippen LogP contribution in [-0.4, -0.2) is 20.6 Å². The van der Waals surface area contributed by atoms with Crippen LogP contribution < -0.4 is 5.69 Å². The molecule has 0 saturated heterocycles. The zero-order chi connectivity index (χ0) is 15.7. The van der Waals surface area contributed by atoms with Gasteiger partial charge in [-0.1, -0.05) is 23.2 Å². The highest BCUT2D eigenvalue weighted by Crippen LogP contribution is 2.25. The van der Waals surface area contributed by atoms with E-state index in [0.717, 1.165) is 0 Å². The average Bonchev–Trinajstić information content (AvgIpc) is 2.38. The summed E-state index contributed by atoms with van der Waals surface area (Å²) < 4.78 is 1.33. The third-order valence-corrected chi connectivity index (χ3v) is 3.89. The van der Waals surface area contributed by atoms with E-state index in [1.807, 2.05) is 0 Å². The zero-order valence-corrected chi connectivity index (χ0v) is 12.9. The molecule has 1 aromatic heterocycles. The van der Waals surface area contributed by atoms with Crippen molar-refractivity contribution in [1.82, 2.24) is 9.55 Å². The van der Waals surface area contributed by atoms with Gasteiger partial charge in [-0.05, 0) is 32.0 Å². The van der Waals surface area contributed by atoms with Gasteiger partial charge in [-0.15, -0.1) is 0 Å². The molecule has 0 radical (unpaired) electrons. The highest BCUT2D eigenvalue weighted by Gasteiger charge is 2.15. The second kappa shape index (κ2) is 5.87. The lowest BCUT2D eigenvalue weighted by Crippen LogP contribution is -2.27. The number of aryl methyl sites for hydroxylation is 1. The first-order valence-corrected chi connectivity index (χ1v) is 6.83. The average molecular weight is 327 g/mol. The first-order valence-electron chi connectivity index (χ1n) is 6.07. The highest BCUT2D eigenvalue weighted by molar-refractivity contribution is 6.42. The molecule has 0 amide bonds. The minimum atomic E-state index is -0.984. The van der Waals surface area contributed by atoms with Gasteiger partial charge in [0.1, 0.15) is 0 Å². The molecule has 21 heavy (non-hydrogen) atoms. The fraction of sp³-hybridized carbons (Fsp3) is 0.214. The van der Waals surface area contributed by atoms with Gasteiger partial charge in [-0.3, -0.25) is 9.36 Å². The Labute approximate surface area is 130 Å². The fourth-order valence-corrected chi connectivity index (χ4v) is 2.43. The van der Waals surface area contributed by atoms with E-state index >= 15 is 0 Å². The van der Waals surface area contributed by atoms with Crippen molar-refractivity contribution in [1.29, 1.82) is 0 Å². The van der Waals surface area contributed by atoms with Crippen LogP contribution in [0.3, 0.4) is 0 Å². The molecule has 2 aromatic rings. The normalized spacial score (nSPS) is 10.7. The van der Waals surface area contributed by atoms with Crippen molar-refractivity contribution in [3.8, 4) is 5.69 Å². The van der Waals surface area contributed by atoms with Gasteiger partial charge in [0.25, 0.3) is 0 Å². The summed E-state index contributed by atoms with van der Waals surface area (Å²) in [6.45, 7) is 3.29. The molecular weight excluding hydrogens is 315 g/mol. The molecule has 1 heterocycles. The molecule has 0 bridgehead atoms. The number of hydrogen-bond acceptors (Lipinski definition) is 3. The number of nitrogens with zero attached hydrogens (tertiary/aromatic N) is 2. The fourth-order valence-electron chi connectivity index (χ4n) is 2.14. The summed E-state index contributed by atoms with van der Waals surface area (Å²) in [7, 11) is 0. The number of carboxylic acid groups (broad SMARTS) is 1. The van der Waals surface area contributed by atoms with Crippen LogP contribution in [-0.2, 0) is 11.2 Å². The summed E-state index contributed by atoms with van der Waals surface area (Å²) in [4.78, 5) is 27.0. The Morgan fingerprint density at radius 1 is 1.29 bits per heavy atom. The molecule has 0 spiro atoms. The summed E-state index contributed by atoms with van der Waals surface area (Å²) in [5, 5.41) is 9.65. The van der Waals surface area contributed by atoms with Crippen LogP contribution >= 0.6 is 23.2 Å². The van der Waals surface area contributed by atoms with Crippen molar-refractivity contribution >= 4 is 29.2 Å². The lowest BCUT2D eigenvalue weighted by molar-refractivity contribution is -0.136. The lowest BCUT2D eigenvalue weighted by Gasteiger charge is -2.15. The largest absolute Gasteiger partial charge is 0.481 e. The smallest absolute Gasteiger partial charge is 0.352 e. The van der Waals surface area contributed by atoms with Crippen LogP contribution in [0.5, 0.6) is 0 Å². The quantitative estimate of drug-likeness (QED) is 0.941. The number of aromatic nitrogens is 2. The molecule has 1 aromatic carbocycles. The van der Waals surface area contributed by atoms with E-state index in [1.54, 1.807) is 32.0 Å². The van der Waals surface area contributed by atoms with Crippen molar-refractivity contribution in [2.75, 3.05) is 0 Å². The van der Waals surface area contributed by atoms with E-state index < -0.39 is 11.7 Å². The minimum absolute atomic E-state index is 0.202. The van der Waals surface area contributed by atoms with Gasteiger partial charge in [-0.25, -0.2) is 4.79 Å². The van der Waals surface area contributed by atoms with Crippen molar-refractivity contribution < 1.29 is 9.90 Å². The molecule has 7 heteroatoms. The van der Waals surface area contributed by atoms with E-state index in [9.17, 15) is 9.59 Å². The molecule has 5 nitrogen and oxygen atoms in total. The van der Waals surface area contributed by atoms with Gasteiger partial charge >= 0.3 is 11.7 Å². The van der Waals surface area contributed by atoms with Crippen LogP contribution in [0.4, 0.5) is 0 Å². The molecule has 0 fully saturated rings. The Hall–Kier alpha value is -1.85. The maximum atomic E-state index is 12.1. The maximum Gasteiger partial charge on any atom is 0.352 e. The van der Waals surface area contributed by atoms with E-state index in [-0.39, 0.29) is 6.42 Å². The Balaban J connectivity index is 2.71. The second-order valence-corrected chi connectivity index (χ2v) is 5.36. The molecule has 0 aliphatic rings. The van der Waals surface area contributed by atoms with E-state index in [2.05, 4.69) is 4.98 Å². The molecule has 0 aliphatic heterocycles. The number of carboxylic acids is 1. The van der Waals surface area contributed by atoms with Crippen molar-refractivity contribution in [3.05, 3.63) is 55.7 Å². The highest BCUT2D eigenvalue weighted by atomic mass is 35.5. The number of rotatable bonds is 3. The van der Waals surface area contributed by atoms with Crippen LogP contribution in [0.15, 0.2) is 23.0 Å². The van der Waals surface area contributed by atoms with Crippen LogP contribution in [0, 0.1) is 13.8 Å². The molecule has 2 rings (SSSR count). The third-order valence-electron chi connectivity index (χ3n) is 3.15. The Morgan fingerprint density at radius 3 is 2.52 bits per heavy atom. The van der Waals surface area contributed by atoms with Crippen molar-refractivity contribution in [2.24, 2.45) is 0 Å². The van der Waals surface area contributed by atoms with Crippen LogP contribution in [0.2, 0.25) is 10.0 Å². The third kappa shape index (κ3) is 3.09. The number of benzene rings is 1. The van der Waals surface area contributed by atoms with Crippen molar-refractivity contribution in [2.45, 2.75) is 20.3 Å². The summed E-state index contributed by atoms with van der Waals surface area (Å²) in [5.41, 5.74) is 1.45. The Bertz CT molecular complexity index is 785. The van der Waals surface area contributed by atoms with Gasteiger partial charge in [-0.2, -0.15) is 4.98 Å². The second-order valence-electron chi connectivity index (χ2n) is 4.55. The van der Waals surface area contributed by atoms with Crippen LogP contribution in [0.1, 0.15) is 17.0 Å². The standard InChI is InChI=1S/C14H12Cl2N2O3/c1-7-10(6-13(19)20)8(2)18(14(21)17-7)9-3-4-11(15)12(16)5-9/h3-5H,6H2,1-2H3,(H,19,20). The monoisotopic (exact) mass is 326 g/mol. The molecule has 0 aliphatic carbocycles. The summed E-state index contributed by atoms with van der Waals surface area (Å²) in [6.07, 6.45) is -0.202. The molecule has 110 valence electrons. The molecule has 0 unspecified atom stereocenters. The number of halogens is 2. The minimum Gasteiger partial charge on any atom is -0.481 e. The number of aliphatic carboxylic acids is 1. The van der Waals surface area contributed by atoms with Gasteiger partial charge in [0.15, 0.2) is 0 Å². The van der Waals surface area contributed by atoms with Gasteiger partial charge in [0.05, 0.1) is 22.2 Å². The maximum absolute atomic E-state index is 12.1. The summed E-state index contributed by atoms with van der Waals surface area (Å²) >= 11 is 11.8. The van der Waals surface area contributed by atoms with Gasteiger partial charge in [0.2, 0.25) is 0 Å².